The molecule has 2 atom stereocenters. The Bertz CT molecular complexity index is 177. The van der Waals surface area contributed by atoms with Crippen LogP contribution in [-0.2, 0) is 9.53 Å². The lowest BCUT2D eigenvalue weighted by Gasteiger charge is -2.11. The number of nitrogens with two attached hydrogens (primary N) is 1. The van der Waals surface area contributed by atoms with Crippen LogP contribution in [0.5, 0.6) is 0 Å². The van der Waals surface area contributed by atoms with Crippen molar-refractivity contribution in [2.24, 2.45) is 5.73 Å². The quantitative estimate of drug-likeness (QED) is 0.675. The molecule has 4 heteroatoms. The Balaban J connectivity index is 2.02. The van der Waals surface area contributed by atoms with Crippen molar-refractivity contribution in [2.45, 2.75) is 44.8 Å². The van der Waals surface area contributed by atoms with Crippen molar-refractivity contribution in [3.63, 3.8) is 0 Å². The van der Waals surface area contributed by atoms with Crippen molar-refractivity contribution in [1.29, 1.82) is 0 Å². The van der Waals surface area contributed by atoms with Crippen molar-refractivity contribution in [3.05, 3.63) is 0 Å². The van der Waals surface area contributed by atoms with E-state index in [-0.39, 0.29) is 18.1 Å². The van der Waals surface area contributed by atoms with Gasteiger partial charge in [-0.2, -0.15) is 0 Å². The standard InChI is InChI=1S/C10H20N2O2/c1-8(11)4-5-10(13)12-7-9-3-2-6-14-9/h8-9H,2-7,11H2,1H3,(H,12,13). The molecule has 2 unspecified atom stereocenters. The van der Waals surface area contributed by atoms with Crippen LogP contribution in [0, 0.1) is 0 Å². The second kappa shape index (κ2) is 5.98. The maximum Gasteiger partial charge on any atom is 0.220 e. The third-order valence-corrected chi connectivity index (χ3v) is 2.38. The van der Waals surface area contributed by atoms with E-state index >= 15 is 0 Å². The zero-order valence-corrected chi connectivity index (χ0v) is 8.79. The number of nitrogens with one attached hydrogen (secondary N) is 1. The summed E-state index contributed by atoms with van der Waals surface area (Å²) in [5.74, 6) is 0.0813. The van der Waals surface area contributed by atoms with E-state index in [1.807, 2.05) is 6.92 Å². The van der Waals surface area contributed by atoms with E-state index in [9.17, 15) is 4.79 Å². The molecule has 14 heavy (non-hydrogen) atoms. The summed E-state index contributed by atoms with van der Waals surface area (Å²) in [6, 6.07) is 0.100. The van der Waals surface area contributed by atoms with Crippen molar-refractivity contribution in [1.82, 2.24) is 5.32 Å². The summed E-state index contributed by atoms with van der Waals surface area (Å²) in [7, 11) is 0. The van der Waals surface area contributed by atoms with Crippen LogP contribution in [0.25, 0.3) is 0 Å². The molecule has 1 fully saturated rings. The van der Waals surface area contributed by atoms with Gasteiger partial charge in [-0.05, 0) is 26.2 Å². The van der Waals surface area contributed by atoms with Gasteiger partial charge in [-0.3, -0.25) is 4.79 Å². The van der Waals surface area contributed by atoms with Gasteiger partial charge in [-0.15, -0.1) is 0 Å². The molecule has 0 bridgehead atoms. The molecule has 1 heterocycles. The highest BCUT2D eigenvalue weighted by Gasteiger charge is 2.15. The highest BCUT2D eigenvalue weighted by atomic mass is 16.5. The lowest BCUT2D eigenvalue weighted by Crippen LogP contribution is -2.32. The Hall–Kier alpha value is -0.610. The molecule has 4 nitrogen and oxygen atoms in total. The minimum absolute atomic E-state index is 0.0813. The highest BCUT2D eigenvalue weighted by Crippen LogP contribution is 2.10. The molecule has 0 aliphatic carbocycles. The molecule has 1 aliphatic heterocycles. The molecule has 0 aromatic heterocycles. The molecule has 0 saturated carbocycles. The summed E-state index contributed by atoms with van der Waals surface area (Å²) in [5.41, 5.74) is 5.55. The van der Waals surface area contributed by atoms with Gasteiger partial charge in [0.15, 0.2) is 0 Å². The summed E-state index contributed by atoms with van der Waals surface area (Å²) < 4.78 is 5.39. The van der Waals surface area contributed by atoms with E-state index in [0.29, 0.717) is 13.0 Å². The first-order chi connectivity index (χ1) is 6.68. The SMILES string of the molecule is CC(N)CCC(=O)NCC1CCCO1. The summed E-state index contributed by atoms with van der Waals surface area (Å²) >= 11 is 0. The van der Waals surface area contributed by atoms with Crippen LogP contribution >= 0.6 is 0 Å². The Kier molecular flexibility index (Phi) is 4.90. The zero-order valence-electron chi connectivity index (χ0n) is 8.79. The van der Waals surface area contributed by atoms with Gasteiger partial charge in [-0.1, -0.05) is 0 Å². The first-order valence-corrected chi connectivity index (χ1v) is 5.32. The highest BCUT2D eigenvalue weighted by molar-refractivity contribution is 5.75. The van der Waals surface area contributed by atoms with Crippen LogP contribution in [0.2, 0.25) is 0 Å². The minimum atomic E-state index is 0.0813. The molecule has 82 valence electrons. The van der Waals surface area contributed by atoms with E-state index in [0.717, 1.165) is 25.9 Å². The van der Waals surface area contributed by atoms with Crippen LogP contribution in [0.4, 0.5) is 0 Å². The first kappa shape index (κ1) is 11.5. The van der Waals surface area contributed by atoms with Gasteiger partial charge in [0.1, 0.15) is 0 Å². The van der Waals surface area contributed by atoms with Crippen molar-refractivity contribution >= 4 is 5.91 Å². The van der Waals surface area contributed by atoms with Crippen LogP contribution < -0.4 is 11.1 Å². The fourth-order valence-corrected chi connectivity index (χ4v) is 1.48. The summed E-state index contributed by atoms with van der Waals surface area (Å²) in [6.45, 7) is 3.39. The van der Waals surface area contributed by atoms with Gasteiger partial charge < -0.3 is 15.8 Å². The van der Waals surface area contributed by atoms with Crippen molar-refractivity contribution in [2.75, 3.05) is 13.2 Å². The van der Waals surface area contributed by atoms with E-state index in [4.69, 9.17) is 10.5 Å². The van der Waals surface area contributed by atoms with Crippen LogP contribution in [0.3, 0.4) is 0 Å². The predicted molar refractivity (Wildman–Crippen MR) is 54.9 cm³/mol. The largest absolute Gasteiger partial charge is 0.376 e. The molecular formula is C10H20N2O2. The second-order valence-corrected chi connectivity index (χ2v) is 3.96. The smallest absolute Gasteiger partial charge is 0.220 e. The number of carbonyl (C=O) groups is 1. The molecule has 1 amide bonds. The molecule has 0 radical (unpaired) electrons. The Labute approximate surface area is 85.2 Å². The average Bonchev–Trinajstić information content (AvgIpc) is 2.63. The number of hydrogen-bond donors (Lipinski definition) is 2. The van der Waals surface area contributed by atoms with E-state index in [1.165, 1.54) is 0 Å². The predicted octanol–water partition coefficient (Wildman–Crippen LogP) is 0.409. The number of ether oxygens (including phenoxy) is 1. The molecule has 3 N–H and O–H groups in total. The molecule has 1 saturated heterocycles. The monoisotopic (exact) mass is 200 g/mol. The Morgan fingerprint density at radius 1 is 1.71 bits per heavy atom. The van der Waals surface area contributed by atoms with Crippen LogP contribution in [0.1, 0.15) is 32.6 Å². The lowest BCUT2D eigenvalue weighted by atomic mass is 10.2. The number of rotatable bonds is 5. The summed E-state index contributed by atoms with van der Waals surface area (Å²) in [4.78, 5) is 11.3. The zero-order chi connectivity index (χ0) is 10.4. The van der Waals surface area contributed by atoms with Gasteiger partial charge in [0.25, 0.3) is 0 Å². The fourth-order valence-electron chi connectivity index (χ4n) is 1.48. The third-order valence-electron chi connectivity index (χ3n) is 2.38. The van der Waals surface area contributed by atoms with E-state index < -0.39 is 0 Å². The molecule has 0 aromatic carbocycles. The lowest BCUT2D eigenvalue weighted by molar-refractivity contribution is -0.121. The first-order valence-electron chi connectivity index (χ1n) is 5.32. The van der Waals surface area contributed by atoms with Gasteiger partial charge in [-0.25, -0.2) is 0 Å². The molecule has 1 aliphatic rings. The van der Waals surface area contributed by atoms with E-state index in [2.05, 4.69) is 5.32 Å². The van der Waals surface area contributed by atoms with Crippen molar-refractivity contribution < 1.29 is 9.53 Å². The van der Waals surface area contributed by atoms with Gasteiger partial charge in [0, 0.05) is 25.6 Å². The molecule has 1 rings (SSSR count). The maximum atomic E-state index is 11.3. The topological polar surface area (TPSA) is 64.4 Å². The number of amides is 1. The summed E-state index contributed by atoms with van der Waals surface area (Å²) in [5, 5.41) is 2.86. The number of hydrogen-bond acceptors (Lipinski definition) is 3. The molecule has 0 aromatic rings. The normalized spacial score (nSPS) is 23.4. The summed E-state index contributed by atoms with van der Waals surface area (Å²) in [6.07, 6.45) is 3.67. The third kappa shape index (κ3) is 4.58. The van der Waals surface area contributed by atoms with Gasteiger partial charge >= 0.3 is 0 Å². The van der Waals surface area contributed by atoms with E-state index in [1.54, 1.807) is 0 Å². The molecular weight excluding hydrogens is 180 g/mol. The fraction of sp³-hybridized carbons (Fsp3) is 0.900. The second-order valence-electron chi connectivity index (χ2n) is 3.96. The average molecular weight is 200 g/mol. The van der Waals surface area contributed by atoms with Gasteiger partial charge in [0.2, 0.25) is 5.91 Å². The van der Waals surface area contributed by atoms with Crippen molar-refractivity contribution in [3.8, 4) is 0 Å². The van der Waals surface area contributed by atoms with Crippen LogP contribution in [0.15, 0.2) is 0 Å². The molecule has 0 spiro atoms. The number of carbonyl (C=O) groups excluding carboxylic acids is 1. The van der Waals surface area contributed by atoms with Gasteiger partial charge in [0.05, 0.1) is 6.10 Å². The maximum absolute atomic E-state index is 11.3. The minimum Gasteiger partial charge on any atom is -0.376 e. The van der Waals surface area contributed by atoms with Crippen LogP contribution in [-0.4, -0.2) is 31.2 Å². The Morgan fingerprint density at radius 2 is 2.50 bits per heavy atom. The Morgan fingerprint density at radius 3 is 3.07 bits per heavy atom.